The number of hydrogen-bond donors (Lipinski definition) is 1. The lowest BCUT2D eigenvalue weighted by Gasteiger charge is -2.05. The Morgan fingerprint density at radius 1 is 1.57 bits per heavy atom. The first-order valence-electron chi connectivity index (χ1n) is 4.76. The van der Waals surface area contributed by atoms with Gasteiger partial charge >= 0.3 is 0 Å². The van der Waals surface area contributed by atoms with Crippen molar-refractivity contribution in [3.8, 4) is 0 Å². The van der Waals surface area contributed by atoms with Gasteiger partial charge in [0.1, 0.15) is 0 Å². The summed E-state index contributed by atoms with van der Waals surface area (Å²) in [5.74, 6) is 0.663. The van der Waals surface area contributed by atoms with E-state index in [1.807, 2.05) is 12.1 Å². The van der Waals surface area contributed by atoms with E-state index in [1.54, 1.807) is 0 Å². The molecule has 1 heterocycles. The maximum absolute atomic E-state index is 11.8. The van der Waals surface area contributed by atoms with Crippen LogP contribution in [-0.2, 0) is 10.2 Å². The van der Waals surface area contributed by atoms with E-state index < -0.39 is 0 Å². The summed E-state index contributed by atoms with van der Waals surface area (Å²) in [4.78, 5) is 11.8. The van der Waals surface area contributed by atoms with Crippen molar-refractivity contribution in [2.45, 2.75) is 18.8 Å². The van der Waals surface area contributed by atoms with Crippen LogP contribution in [0.1, 0.15) is 18.9 Å². The standard InChI is InChI=1S/C11H10BrNO/c1-6-5-11(6)8-4-7(12)2-3-9(8)13-10(11)14/h2-4,6H,5H2,1H3,(H,13,14). The summed E-state index contributed by atoms with van der Waals surface area (Å²) in [5, 5.41) is 2.95. The number of carbonyl (C=O) groups excluding carboxylic acids is 1. The number of rotatable bonds is 0. The highest BCUT2D eigenvalue weighted by Gasteiger charge is 2.62. The molecule has 1 N–H and O–H groups in total. The molecular formula is C11H10BrNO. The Labute approximate surface area is 90.8 Å². The van der Waals surface area contributed by atoms with Gasteiger partial charge in [0.05, 0.1) is 5.41 Å². The Kier molecular flexibility index (Phi) is 1.45. The number of amides is 1. The van der Waals surface area contributed by atoms with Crippen LogP contribution in [0, 0.1) is 5.92 Å². The van der Waals surface area contributed by atoms with Crippen molar-refractivity contribution in [2.24, 2.45) is 5.92 Å². The van der Waals surface area contributed by atoms with Gasteiger partial charge in [0.2, 0.25) is 5.91 Å². The fourth-order valence-corrected chi connectivity index (χ4v) is 2.83. The van der Waals surface area contributed by atoms with E-state index in [2.05, 4.69) is 34.2 Å². The second-order valence-corrected chi connectivity index (χ2v) is 5.14. The molecule has 14 heavy (non-hydrogen) atoms. The fourth-order valence-electron chi connectivity index (χ4n) is 2.47. The van der Waals surface area contributed by atoms with Crippen LogP contribution in [0.25, 0.3) is 0 Å². The summed E-state index contributed by atoms with van der Waals surface area (Å²) in [6.45, 7) is 2.13. The zero-order valence-corrected chi connectivity index (χ0v) is 9.39. The highest BCUT2D eigenvalue weighted by atomic mass is 79.9. The molecule has 2 nitrogen and oxygen atoms in total. The smallest absolute Gasteiger partial charge is 0.235 e. The number of carbonyl (C=O) groups is 1. The van der Waals surface area contributed by atoms with Gasteiger partial charge in [0.25, 0.3) is 0 Å². The molecule has 0 saturated heterocycles. The Morgan fingerprint density at radius 2 is 2.29 bits per heavy atom. The molecule has 0 aromatic heterocycles. The summed E-state index contributed by atoms with van der Waals surface area (Å²) < 4.78 is 1.05. The molecule has 1 aliphatic carbocycles. The Bertz CT molecular complexity index is 443. The second kappa shape index (κ2) is 2.40. The van der Waals surface area contributed by atoms with Gasteiger partial charge < -0.3 is 5.32 Å². The molecule has 2 unspecified atom stereocenters. The van der Waals surface area contributed by atoms with Crippen LogP contribution >= 0.6 is 15.9 Å². The molecule has 0 bridgehead atoms. The monoisotopic (exact) mass is 251 g/mol. The van der Waals surface area contributed by atoms with Crippen molar-refractivity contribution >= 4 is 27.5 Å². The van der Waals surface area contributed by atoms with Crippen LogP contribution in [0.4, 0.5) is 5.69 Å². The molecule has 2 atom stereocenters. The maximum Gasteiger partial charge on any atom is 0.235 e. The Morgan fingerprint density at radius 3 is 2.93 bits per heavy atom. The van der Waals surface area contributed by atoms with Crippen LogP contribution in [0.5, 0.6) is 0 Å². The summed E-state index contributed by atoms with van der Waals surface area (Å²) in [7, 11) is 0. The van der Waals surface area contributed by atoms with E-state index in [0.717, 1.165) is 16.6 Å². The molecule has 1 amide bonds. The first kappa shape index (κ1) is 8.48. The number of fused-ring (bicyclic) bond motifs is 2. The van der Waals surface area contributed by atoms with Crippen LogP contribution < -0.4 is 5.32 Å². The van der Waals surface area contributed by atoms with E-state index in [4.69, 9.17) is 0 Å². The minimum absolute atomic E-state index is 0.179. The van der Waals surface area contributed by atoms with E-state index in [1.165, 1.54) is 5.56 Å². The van der Waals surface area contributed by atoms with Gasteiger partial charge in [-0.1, -0.05) is 22.9 Å². The average molecular weight is 252 g/mol. The lowest BCUT2D eigenvalue weighted by Crippen LogP contribution is -2.20. The quantitative estimate of drug-likeness (QED) is 0.755. The minimum atomic E-state index is -0.195. The molecule has 72 valence electrons. The predicted molar refractivity (Wildman–Crippen MR) is 58.2 cm³/mol. The number of anilines is 1. The van der Waals surface area contributed by atoms with Crippen molar-refractivity contribution in [1.29, 1.82) is 0 Å². The number of halogens is 1. The van der Waals surface area contributed by atoms with Gasteiger partial charge in [-0.2, -0.15) is 0 Å². The van der Waals surface area contributed by atoms with Crippen molar-refractivity contribution in [3.63, 3.8) is 0 Å². The van der Waals surface area contributed by atoms with E-state index in [9.17, 15) is 4.79 Å². The van der Waals surface area contributed by atoms with Crippen molar-refractivity contribution < 1.29 is 4.79 Å². The highest BCUT2D eigenvalue weighted by molar-refractivity contribution is 9.10. The van der Waals surface area contributed by atoms with Gasteiger partial charge in [-0.25, -0.2) is 0 Å². The molecule has 1 aromatic carbocycles. The summed E-state index contributed by atoms with van der Waals surface area (Å²) in [5.41, 5.74) is 1.96. The zero-order chi connectivity index (χ0) is 9.92. The molecule has 2 aliphatic rings. The zero-order valence-electron chi connectivity index (χ0n) is 7.80. The van der Waals surface area contributed by atoms with E-state index in [-0.39, 0.29) is 11.3 Å². The van der Waals surface area contributed by atoms with Gasteiger partial charge in [0.15, 0.2) is 0 Å². The molecule has 1 spiro atoms. The van der Waals surface area contributed by atoms with Gasteiger partial charge in [0, 0.05) is 10.2 Å². The Balaban J connectivity index is 2.22. The molecule has 3 rings (SSSR count). The average Bonchev–Trinajstić information content (AvgIpc) is 2.74. The van der Waals surface area contributed by atoms with Crippen molar-refractivity contribution in [3.05, 3.63) is 28.2 Å². The van der Waals surface area contributed by atoms with E-state index in [0.29, 0.717) is 5.92 Å². The summed E-state index contributed by atoms with van der Waals surface area (Å²) in [6.07, 6.45) is 0.988. The lowest BCUT2D eigenvalue weighted by molar-refractivity contribution is -0.118. The van der Waals surface area contributed by atoms with Crippen LogP contribution in [0.2, 0.25) is 0 Å². The molecule has 3 heteroatoms. The topological polar surface area (TPSA) is 29.1 Å². The second-order valence-electron chi connectivity index (χ2n) is 4.22. The molecule has 1 saturated carbocycles. The van der Waals surface area contributed by atoms with Gasteiger partial charge in [-0.3, -0.25) is 4.79 Å². The van der Waals surface area contributed by atoms with E-state index >= 15 is 0 Å². The normalized spacial score (nSPS) is 33.0. The SMILES string of the molecule is CC1CC12C(=O)Nc1ccc(Br)cc12. The maximum atomic E-state index is 11.8. The highest BCUT2D eigenvalue weighted by Crippen LogP contribution is 2.59. The third-order valence-electron chi connectivity index (χ3n) is 3.42. The molecule has 1 aliphatic heterocycles. The predicted octanol–water partition coefficient (Wildman–Crippen LogP) is 2.68. The van der Waals surface area contributed by atoms with Gasteiger partial charge in [-0.05, 0) is 36.1 Å². The number of hydrogen-bond acceptors (Lipinski definition) is 1. The molecule has 1 aromatic rings. The lowest BCUT2D eigenvalue weighted by atomic mass is 9.95. The first-order valence-corrected chi connectivity index (χ1v) is 5.55. The fraction of sp³-hybridized carbons (Fsp3) is 0.364. The molecule has 1 fully saturated rings. The van der Waals surface area contributed by atoms with Gasteiger partial charge in [-0.15, -0.1) is 0 Å². The molecular weight excluding hydrogens is 242 g/mol. The third-order valence-corrected chi connectivity index (χ3v) is 3.92. The van der Waals surface area contributed by atoms with Crippen LogP contribution in [0.15, 0.2) is 22.7 Å². The number of benzene rings is 1. The summed E-state index contributed by atoms with van der Waals surface area (Å²) in [6, 6.07) is 6.00. The minimum Gasteiger partial charge on any atom is -0.325 e. The van der Waals surface area contributed by atoms with Crippen LogP contribution in [0.3, 0.4) is 0 Å². The Hall–Kier alpha value is -0.830. The largest absolute Gasteiger partial charge is 0.325 e. The van der Waals surface area contributed by atoms with Crippen molar-refractivity contribution in [1.82, 2.24) is 0 Å². The molecule has 0 radical (unpaired) electrons. The van der Waals surface area contributed by atoms with Crippen LogP contribution in [-0.4, -0.2) is 5.91 Å². The van der Waals surface area contributed by atoms with Crippen molar-refractivity contribution in [2.75, 3.05) is 5.32 Å². The number of nitrogens with one attached hydrogen (secondary N) is 1. The summed E-state index contributed by atoms with van der Waals surface area (Å²) >= 11 is 3.45. The third kappa shape index (κ3) is 0.836. The first-order chi connectivity index (χ1) is 6.64.